The van der Waals surface area contributed by atoms with Crippen LogP contribution in [0.25, 0.3) is 21.9 Å². The lowest BCUT2D eigenvalue weighted by Gasteiger charge is -2.43. The molecule has 4 aromatic carbocycles. The number of rotatable bonds is 0. The maximum atomic E-state index is 3.84. The highest BCUT2D eigenvalue weighted by Gasteiger charge is 2.57. The Hall–Kier alpha value is -2.90. The first-order chi connectivity index (χ1) is 15.2. The first-order valence-electron chi connectivity index (χ1n) is 11.0. The van der Waals surface area contributed by atoms with E-state index in [1.165, 1.54) is 49.7 Å². The molecule has 31 heavy (non-hydrogen) atoms. The van der Waals surface area contributed by atoms with E-state index in [1.807, 2.05) is 0 Å². The van der Waals surface area contributed by atoms with Crippen molar-refractivity contribution in [1.82, 2.24) is 0 Å². The Morgan fingerprint density at radius 3 is 2.32 bits per heavy atom. The fourth-order valence-corrected chi connectivity index (χ4v) is 7.13. The van der Waals surface area contributed by atoms with Gasteiger partial charge in [0.05, 0.1) is 5.41 Å². The van der Waals surface area contributed by atoms with Gasteiger partial charge in [-0.2, -0.15) is 0 Å². The number of benzene rings is 4. The molecule has 3 aliphatic carbocycles. The largest absolute Gasteiger partial charge is 0.0833 e. The van der Waals surface area contributed by atoms with Gasteiger partial charge in [0.1, 0.15) is 0 Å². The van der Waals surface area contributed by atoms with E-state index in [0.717, 1.165) is 10.9 Å². The summed E-state index contributed by atoms with van der Waals surface area (Å²) in [7, 11) is 0. The van der Waals surface area contributed by atoms with Crippen LogP contribution in [0.15, 0.2) is 107 Å². The topological polar surface area (TPSA) is 0 Å². The van der Waals surface area contributed by atoms with Gasteiger partial charge in [0, 0.05) is 9.89 Å². The molecule has 0 aromatic heterocycles. The molecule has 0 heterocycles. The molecule has 0 saturated carbocycles. The van der Waals surface area contributed by atoms with Gasteiger partial charge in [-0.15, -0.1) is 0 Å². The lowest BCUT2D eigenvalue weighted by atomic mass is 9.58. The summed E-state index contributed by atoms with van der Waals surface area (Å²) in [5, 5.41) is 2.67. The minimum absolute atomic E-state index is 0.00410. The Bertz CT molecular complexity index is 1490. The van der Waals surface area contributed by atoms with Gasteiger partial charge in [-0.25, -0.2) is 0 Å². The van der Waals surface area contributed by atoms with Crippen molar-refractivity contribution in [3.05, 3.63) is 129 Å². The van der Waals surface area contributed by atoms with Crippen LogP contribution in [0.5, 0.6) is 0 Å². The van der Waals surface area contributed by atoms with Gasteiger partial charge >= 0.3 is 0 Å². The molecule has 7 rings (SSSR count). The van der Waals surface area contributed by atoms with Crippen molar-refractivity contribution < 1.29 is 0 Å². The Kier molecular flexibility index (Phi) is 3.36. The molecular weight excluding hydrogens is 440 g/mol. The quantitative estimate of drug-likeness (QED) is 0.248. The van der Waals surface area contributed by atoms with Crippen molar-refractivity contribution >= 4 is 26.7 Å². The molecule has 2 atom stereocenters. The number of hydrogen-bond acceptors (Lipinski definition) is 0. The van der Waals surface area contributed by atoms with E-state index in [9.17, 15) is 0 Å². The Morgan fingerprint density at radius 1 is 0.710 bits per heavy atom. The molecule has 1 spiro atoms. The normalized spacial score (nSPS) is 24.6. The first kappa shape index (κ1) is 17.7. The van der Waals surface area contributed by atoms with Crippen molar-refractivity contribution in [2.75, 3.05) is 0 Å². The number of hydrogen-bond donors (Lipinski definition) is 0. The van der Waals surface area contributed by atoms with Gasteiger partial charge in [0.15, 0.2) is 0 Å². The molecule has 1 heteroatoms. The zero-order valence-electron chi connectivity index (χ0n) is 17.3. The Labute approximate surface area is 191 Å². The molecule has 0 fully saturated rings. The van der Waals surface area contributed by atoms with Crippen LogP contribution in [-0.4, -0.2) is 0 Å². The Morgan fingerprint density at radius 2 is 1.45 bits per heavy atom. The van der Waals surface area contributed by atoms with E-state index in [4.69, 9.17) is 0 Å². The predicted molar refractivity (Wildman–Crippen MR) is 133 cm³/mol. The lowest BCUT2D eigenvalue weighted by Crippen LogP contribution is -2.36. The van der Waals surface area contributed by atoms with Gasteiger partial charge < -0.3 is 0 Å². The number of fused-ring (bicyclic) bond motifs is 9. The van der Waals surface area contributed by atoms with Gasteiger partial charge in [-0.1, -0.05) is 114 Å². The molecule has 4 aromatic rings. The van der Waals surface area contributed by atoms with E-state index < -0.39 is 0 Å². The van der Waals surface area contributed by atoms with E-state index in [2.05, 4.69) is 120 Å². The smallest absolute Gasteiger partial charge is 0.0688 e. The van der Waals surface area contributed by atoms with E-state index >= 15 is 0 Å². The molecule has 0 amide bonds. The fourth-order valence-electron chi connectivity index (χ4n) is 6.67. The zero-order chi connectivity index (χ0) is 20.8. The molecule has 2 unspecified atom stereocenters. The molecule has 148 valence electrons. The predicted octanol–water partition coefficient (Wildman–Crippen LogP) is 8.07. The highest BCUT2D eigenvalue weighted by Crippen LogP contribution is 2.66. The van der Waals surface area contributed by atoms with Crippen LogP contribution in [0.1, 0.15) is 35.6 Å². The molecule has 0 N–H and O–H groups in total. The Balaban J connectivity index is 1.78. The van der Waals surface area contributed by atoms with Crippen LogP contribution >= 0.6 is 15.9 Å². The molecular formula is C30H21Br. The molecule has 0 aliphatic heterocycles. The van der Waals surface area contributed by atoms with Crippen molar-refractivity contribution in [3.8, 4) is 11.1 Å². The van der Waals surface area contributed by atoms with Crippen LogP contribution in [-0.2, 0) is 10.8 Å². The van der Waals surface area contributed by atoms with Crippen LogP contribution in [0.2, 0.25) is 0 Å². The van der Waals surface area contributed by atoms with E-state index in [0.29, 0.717) is 0 Å². The second-order valence-electron chi connectivity index (χ2n) is 9.21. The highest BCUT2D eigenvalue weighted by molar-refractivity contribution is 9.10. The van der Waals surface area contributed by atoms with Crippen molar-refractivity contribution in [3.63, 3.8) is 0 Å². The maximum absolute atomic E-state index is 3.84. The monoisotopic (exact) mass is 460 g/mol. The van der Waals surface area contributed by atoms with E-state index in [-0.39, 0.29) is 10.8 Å². The standard InChI is InChI=1S/C30H21Br/c1-29-18-7-6-15-27(29)30(24-13-5-4-12-23(24)29)22-11-3-2-9-19(22)20-16-17-26(31)21-10-8-14-25(30)28(20)21/h2-17H,18H2,1H3. The van der Waals surface area contributed by atoms with E-state index in [1.54, 1.807) is 0 Å². The lowest BCUT2D eigenvalue weighted by molar-refractivity contribution is 0.541. The van der Waals surface area contributed by atoms with Gasteiger partial charge in [0.2, 0.25) is 0 Å². The third-order valence-corrected chi connectivity index (χ3v) is 8.55. The van der Waals surface area contributed by atoms with Crippen molar-refractivity contribution in [2.45, 2.75) is 24.2 Å². The molecule has 0 bridgehead atoms. The third kappa shape index (κ3) is 1.93. The summed E-state index contributed by atoms with van der Waals surface area (Å²) in [5.41, 5.74) is 9.68. The molecule has 3 aliphatic rings. The van der Waals surface area contributed by atoms with Gasteiger partial charge in [0.25, 0.3) is 0 Å². The van der Waals surface area contributed by atoms with Crippen molar-refractivity contribution in [2.24, 2.45) is 0 Å². The molecule has 0 nitrogen and oxygen atoms in total. The minimum atomic E-state index is -0.264. The second-order valence-corrected chi connectivity index (χ2v) is 10.1. The summed E-state index contributed by atoms with van der Waals surface area (Å²) in [5.74, 6) is 0. The summed E-state index contributed by atoms with van der Waals surface area (Å²) in [6.07, 6.45) is 8.05. The third-order valence-electron chi connectivity index (χ3n) is 7.86. The van der Waals surface area contributed by atoms with Crippen molar-refractivity contribution in [1.29, 1.82) is 0 Å². The average molecular weight is 461 g/mol. The average Bonchev–Trinajstić information content (AvgIpc) is 3.05. The summed E-state index contributed by atoms with van der Waals surface area (Å²) >= 11 is 3.84. The molecule has 0 radical (unpaired) electrons. The van der Waals surface area contributed by atoms with Crippen LogP contribution in [0.3, 0.4) is 0 Å². The number of halogens is 1. The van der Waals surface area contributed by atoms with Gasteiger partial charge in [-0.05, 0) is 62.2 Å². The summed E-state index contributed by atoms with van der Waals surface area (Å²) < 4.78 is 1.16. The second kappa shape index (κ2) is 5.87. The summed E-state index contributed by atoms with van der Waals surface area (Å²) in [6.45, 7) is 2.44. The summed E-state index contributed by atoms with van der Waals surface area (Å²) in [6, 6.07) is 29.6. The molecule has 0 saturated heterocycles. The zero-order valence-corrected chi connectivity index (χ0v) is 18.9. The SMILES string of the molecule is CC12CC=CC=C1C1(c3ccccc3-c3ccc(Br)c4cccc1c34)c1ccccc12. The highest BCUT2D eigenvalue weighted by atomic mass is 79.9. The summed E-state index contributed by atoms with van der Waals surface area (Å²) in [4.78, 5) is 0. The van der Waals surface area contributed by atoms with Crippen LogP contribution < -0.4 is 0 Å². The maximum Gasteiger partial charge on any atom is 0.0688 e. The first-order valence-corrected chi connectivity index (χ1v) is 11.8. The van der Waals surface area contributed by atoms with Gasteiger partial charge in [-0.3, -0.25) is 0 Å². The fraction of sp³-hybridized carbons (Fsp3) is 0.133. The minimum Gasteiger partial charge on any atom is -0.0833 e. The number of allylic oxidation sites excluding steroid dienone is 4. The van der Waals surface area contributed by atoms with Crippen LogP contribution in [0.4, 0.5) is 0 Å². The van der Waals surface area contributed by atoms with Crippen LogP contribution in [0, 0.1) is 0 Å².